The number of nitrogens with one attached hydrogen (secondary N) is 1. The van der Waals surface area contributed by atoms with Crippen LogP contribution < -0.4 is 5.32 Å². The number of hydrogen-bond acceptors (Lipinski definition) is 4. The van der Waals surface area contributed by atoms with E-state index in [0.29, 0.717) is 39.5 Å². The average molecular weight is 334 g/mol. The number of carbonyl (C=O) groups is 1. The number of nitrogens with zero attached hydrogens (tertiary/aromatic N) is 1. The number of amides is 2. The first-order valence-corrected chi connectivity index (χ1v) is 8.70. The van der Waals surface area contributed by atoms with E-state index in [9.17, 15) is 4.79 Å². The zero-order chi connectivity index (χ0) is 16.8. The minimum absolute atomic E-state index is 0.0523. The lowest BCUT2D eigenvalue weighted by Gasteiger charge is -2.37. The number of benzene rings is 1. The molecule has 2 saturated heterocycles. The summed E-state index contributed by atoms with van der Waals surface area (Å²) in [7, 11) is 0. The van der Waals surface area contributed by atoms with Gasteiger partial charge in [-0.3, -0.25) is 0 Å². The van der Waals surface area contributed by atoms with Crippen LogP contribution in [-0.4, -0.2) is 56.2 Å². The van der Waals surface area contributed by atoms with Gasteiger partial charge >= 0.3 is 6.03 Å². The molecule has 2 heterocycles. The van der Waals surface area contributed by atoms with Gasteiger partial charge in [0.05, 0.1) is 19.3 Å². The van der Waals surface area contributed by atoms with Crippen molar-refractivity contribution in [2.45, 2.75) is 31.7 Å². The fourth-order valence-electron chi connectivity index (χ4n) is 3.27. The highest BCUT2D eigenvalue weighted by molar-refractivity contribution is 5.74. The molecule has 2 aliphatic heterocycles. The highest BCUT2D eigenvalue weighted by Crippen LogP contribution is 2.31. The number of likely N-dealkylation sites (tertiary alicyclic amines) is 1. The van der Waals surface area contributed by atoms with Gasteiger partial charge in [0, 0.05) is 39.1 Å². The first-order valence-electron chi connectivity index (χ1n) is 8.70. The summed E-state index contributed by atoms with van der Waals surface area (Å²) in [6.45, 7) is 5.64. The lowest BCUT2D eigenvalue weighted by Crippen LogP contribution is -2.50. The van der Waals surface area contributed by atoms with E-state index in [1.54, 1.807) is 0 Å². The van der Waals surface area contributed by atoms with E-state index < -0.39 is 5.79 Å². The maximum Gasteiger partial charge on any atom is 0.317 e. The Kier molecular flexibility index (Phi) is 5.71. The van der Waals surface area contributed by atoms with Gasteiger partial charge in [-0.15, -0.1) is 0 Å². The summed E-state index contributed by atoms with van der Waals surface area (Å²) < 4.78 is 17.2. The lowest BCUT2D eigenvalue weighted by molar-refractivity contribution is -0.181. The van der Waals surface area contributed by atoms with Gasteiger partial charge in [0.1, 0.15) is 0 Å². The largest absolute Gasteiger partial charge is 0.372 e. The van der Waals surface area contributed by atoms with Gasteiger partial charge in [-0.25, -0.2) is 4.79 Å². The van der Waals surface area contributed by atoms with Gasteiger partial charge in [-0.2, -0.15) is 0 Å². The second-order valence-corrected chi connectivity index (χ2v) is 6.14. The SMILES string of the molecule is CCO[C@H](CNC(=O)N1CCC2(CC1)OCCO2)c1ccccc1. The normalized spacial score (nSPS) is 21.0. The summed E-state index contributed by atoms with van der Waals surface area (Å²) in [5.74, 6) is -0.450. The fourth-order valence-corrected chi connectivity index (χ4v) is 3.27. The maximum absolute atomic E-state index is 12.4. The molecule has 0 aromatic heterocycles. The zero-order valence-electron chi connectivity index (χ0n) is 14.2. The Morgan fingerprint density at radius 1 is 1.25 bits per heavy atom. The Bertz CT molecular complexity index is 521. The smallest absolute Gasteiger partial charge is 0.317 e. The van der Waals surface area contributed by atoms with Crippen molar-refractivity contribution in [3.05, 3.63) is 35.9 Å². The van der Waals surface area contributed by atoms with Gasteiger partial charge in [-0.1, -0.05) is 30.3 Å². The number of hydrogen-bond donors (Lipinski definition) is 1. The molecule has 1 aromatic rings. The summed E-state index contributed by atoms with van der Waals surface area (Å²) in [5.41, 5.74) is 1.07. The Balaban J connectivity index is 1.49. The monoisotopic (exact) mass is 334 g/mol. The highest BCUT2D eigenvalue weighted by Gasteiger charge is 2.40. The van der Waals surface area contributed by atoms with Crippen molar-refractivity contribution >= 4 is 6.03 Å². The summed E-state index contributed by atoms with van der Waals surface area (Å²) in [5, 5.41) is 3.00. The molecule has 6 heteroatoms. The van der Waals surface area contributed by atoms with Crippen LogP contribution in [0.4, 0.5) is 4.79 Å². The second kappa shape index (κ2) is 7.96. The molecule has 1 spiro atoms. The Morgan fingerprint density at radius 3 is 2.54 bits per heavy atom. The van der Waals surface area contributed by atoms with Gasteiger partial charge in [-0.05, 0) is 12.5 Å². The van der Waals surface area contributed by atoms with Crippen molar-refractivity contribution in [2.75, 3.05) is 39.5 Å². The van der Waals surface area contributed by atoms with E-state index in [-0.39, 0.29) is 12.1 Å². The van der Waals surface area contributed by atoms with Crippen molar-refractivity contribution in [2.24, 2.45) is 0 Å². The van der Waals surface area contributed by atoms with E-state index >= 15 is 0 Å². The number of piperidine rings is 1. The third-order valence-electron chi connectivity index (χ3n) is 4.60. The number of urea groups is 1. The summed E-state index contributed by atoms with van der Waals surface area (Å²) >= 11 is 0. The number of rotatable bonds is 5. The van der Waals surface area contributed by atoms with Crippen LogP contribution in [0.3, 0.4) is 0 Å². The van der Waals surface area contributed by atoms with Crippen LogP contribution in [0.15, 0.2) is 30.3 Å². The molecule has 0 unspecified atom stereocenters. The van der Waals surface area contributed by atoms with E-state index in [4.69, 9.17) is 14.2 Å². The van der Waals surface area contributed by atoms with Crippen LogP contribution in [0.2, 0.25) is 0 Å². The lowest BCUT2D eigenvalue weighted by atomic mass is 10.0. The first-order chi connectivity index (χ1) is 11.7. The topological polar surface area (TPSA) is 60.0 Å². The van der Waals surface area contributed by atoms with E-state index in [0.717, 1.165) is 18.4 Å². The molecule has 0 saturated carbocycles. The summed E-state index contributed by atoms with van der Waals surface area (Å²) in [6, 6.07) is 9.92. The molecular formula is C18H26N2O4. The molecule has 1 N–H and O–H groups in total. The third-order valence-corrected chi connectivity index (χ3v) is 4.60. The second-order valence-electron chi connectivity index (χ2n) is 6.14. The molecule has 24 heavy (non-hydrogen) atoms. The Labute approximate surface area is 143 Å². The minimum Gasteiger partial charge on any atom is -0.372 e. The predicted molar refractivity (Wildman–Crippen MR) is 89.6 cm³/mol. The molecular weight excluding hydrogens is 308 g/mol. The standard InChI is InChI=1S/C18H26N2O4/c1-2-22-16(15-6-4-3-5-7-15)14-19-17(21)20-10-8-18(9-11-20)23-12-13-24-18/h3-7,16H,2,8-14H2,1H3,(H,19,21)/t16-/m1/s1. The number of carbonyl (C=O) groups excluding carboxylic acids is 1. The van der Waals surface area contributed by atoms with E-state index in [1.165, 1.54) is 0 Å². The third kappa shape index (κ3) is 4.06. The van der Waals surface area contributed by atoms with Gasteiger partial charge in [0.15, 0.2) is 5.79 Å². The first kappa shape index (κ1) is 17.2. The maximum atomic E-state index is 12.4. The van der Waals surface area contributed by atoms with Crippen molar-refractivity contribution in [1.29, 1.82) is 0 Å². The molecule has 1 aromatic carbocycles. The van der Waals surface area contributed by atoms with Crippen molar-refractivity contribution in [3.8, 4) is 0 Å². The molecule has 2 aliphatic rings. The van der Waals surface area contributed by atoms with Crippen molar-refractivity contribution in [3.63, 3.8) is 0 Å². The summed E-state index contributed by atoms with van der Waals surface area (Å²) in [4.78, 5) is 14.2. The quantitative estimate of drug-likeness (QED) is 0.898. The van der Waals surface area contributed by atoms with Crippen molar-refractivity contribution < 1.29 is 19.0 Å². The Hall–Kier alpha value is -1.63. The van der Waals surface area contributed by atoms with Crippen LogP contribution in [0, 0.1) is 0 Å². The Morgan fingerprint density at radius 2 is 1.92 bits per heavy atom. The van der Waals surface area contributed by atoms with Crippen LogP contribution >= 0.6 is 0 Å². The van der Waals surface area contributed by atoms with Crippen LogP contribution in [0.25, 0.3) is 0 Å². The number of ether oxygens (including phenoxy) is 3. The molecule has 0 bridgehead atoms. The van der Waals surface area contributed by atoms with Gasteiger partial charge in [0.25, 0.3) is 0 Å². The molecule has 1 atom stereocenters. The average Bonchev–Trinajstić information content (AvgIpc) is 3.08. The highest BCUT2D eigenvalue weighted by atomic mass is 16.7. The summed E-state index contributed by atoms with van der Waals surface area (Å²) in [6.07, 6.45) is 1.33. The molecule has 0 radical (unpaired) electrons. The zero-order valence-corrected chi connectivity index (χ0v) is 14.2. The molecule has 3 rings (SSSR count). The van der Waals surface area contributed by atoms with Crippen LogP contribution in [-0.2, 0) is 14.2 Å². The van der Waals surface area contributed by atoms with Crippen molar-refractivity contribution in [1.82, 2.24) is 10.2 Å². The van der Waals surface area contributed by atoms with E-state index in [1.807, 2.05) is 42.2 Å². The molecule has 0 aliphatic carbocycles. The van der Waals surface area contributed by atoms with Gasteiger partial charge in [0.2, 0.25) is 0 Å². The van der Waals surface area contributed by atoms with Crippen LogP contribution in [0.1, 0.15) is 31.4 Å². The predicted octanol–water partition coefficient (Wildman–Crippen LogP) is 2.31. The molecule has 2 fully saturated rings. The van der Waals surface area contributed by atoms with Gasteiger partial charge < -0.3 is 24.4 Å². The fraction of sp³-hybridized carbons (Fsp3) is 0.611. The van der Waals surface area contributed by atoms with Crippen LogP contribution in [0.5, 0.6) is 0 Å². The molecule has 6 nitrogen and oxygen atoms in total. The molecule has 132 valence electrons. The molecule has 2 amide bonds. The van der Waals surface area contributed by atoms with E-state index in [2.05, 4.69) is 5.32 Å². The minimum atomic E-state index is -0.450.